The highest BCUT2D eigenvalue weighted by Crippen LogP contribution is 2.65. The number of aliphatic hydroxyl groups is 1. The number of aliphatic hydroxyl groups excluding tert-OH is 1. The predicted octanol–water partition coefficient (Wildman–Crippen LogP) is 0.889. The van der Waals surface area contributed by atoms with Crippen molar-refractivity contribution in [1.82, 2.24) is 20.9 Å². The minimum absolute atomic E-state index is 0.0254. The number of rotatable bonds is 6. The van der Waals surface area contributed by atoms with Crippen LogP contribution < -0.4 is 16.0 Å². The zero-order valence-electron chi connectivity index (χ0n) is 20.6. The molecule has 0 bridgehead atoms. The number of nitrogens with zero attached hydrogens (tertiary/aromatic N) is 2. The van der Waals surface area contributed by atoms with Crippen molar-refractivity contribution in [3.8, 4) is 6.07 Å². The summed E-state index contributed by atoms with van der Waals surface area (Å²) in [6, 6.07) is -1.34. The maximum Gasteiger partial charge on any atom is 0.471 e. The molecule has 3 fully saturated rings. The van der Waals surface area contributed by atoms with Crippen LogP contribution in [0.5, 0.6) is 0 Å². The summed E-state index contributed by atoms with van der Waals surface area (Å²) in [4.78, 5) is 39.8. The average molecular weight is 502 g/mol. The van der Waals surface area contributed by atoms with Gasteiger partial charge < -0.3 is 20.6 Å². The summed E-state index contributed by atoms with van der Waals surface area (Å²) in [7, 11) is 0. The number of nitriles is 1. The van der Waals surface area contributed by atoms with Gasteiger partial charge in [-0.1, -0.05) is 34.6 Å². The topological polar surface area (TPSA) is 135 Å². The number of hydrogen-bond acceptors (Lipinski definition) is 6. The van der Waals surface area contributed by atoms with E-state index in [2.05, 4.69) is 10.6 Å². The number of likely N-dealkylation sites (tertiary alicyclic amines) is 1. The Bertz CT molecular complexity index is 910. The van der Waals surface area contributed by atoms with Crippen molar-refractivity contribution >= 4 is 17.7 Å². The van der Waals surface area contributed by atoms with Crippen LogP contribution in [-0.2, 0) is 14.4 Å². The fourth-order valence-electron chi connectivity index (χ4n) is 5.53. The lowest BCUT2D eigenvalue weighted by molar-refractivity contribution is -0.176. The smallest absolute Gasteiger partial charge is 0.378 e. The maximum absolute atomic E-state index is 13.5. The molecule has 35 heavy (non-hydrogen) atoms. The molecule has 3 amide bonds. The number of carbonyl (C=O) groups is 3. The molecular weight excluding hydrogens is 467 g/mol. The first-order valence-corrected chi connectivity index (χ1v) is 11.8. The molecule has 0 radical (unpaired) electrons. The Kier molecular flexibility index (Phi) is 7.18. The van der Waals surface area contributed by atoms with E-state index >= 15 is 0 Å². The minimum atomic E-state index is -5.16. The number of alkyl halides is 3. The molecule has 2 aliphatic heterocycles. The Morgan fingerprint density at radius 3 is 2.34 bits per heavy atom. The molecule has 0 spiro atoms. The van der Waals surface area contributed by atoms with Crippen LogP contribution >= 0.6 is 0 Å². The Hall–Kier alpha value is -2.39. The van der Waals surface area contributed by atoms with Gasteiger partial charge in [-0.05, 0) is 42.1 Å². The third kappa shape index (κ3) is 5.40. The van der Waals surface area contributed by atoms with Gasteiger partial charge in [-0.3, -0.25) is 19.7 Å². The molecule has 1 unspecified atom stereocenters. The molecule has 1 aliphatic carbocycles. The van der Waals surface area contributed by atoms with Crippen LogP contribution in [0, 0.1) is 39.9 Å². The molecule has 3 rings (SSSR count). The lowest BCUT2D eigenvalue weighted by atomic mass is 9.85. The minimum Gasteiger partial charge on any atom is -0.378 e. The van der Waals surface area contributed by atoms with Gasteiger partial charge in [0.2, 0.25) is 11.8 Å². The lowest BCUT2D eigenvalue weighted by Gasteiger charge is -2.38. The van der Waals surface area contributed by atoms with Gasteiger partial charge in [0, 0.05) is 12.5 Å². The summed E-state index contributed by atoms with van der Waals surface area (Å²) in [5.41, 5.74) is -1.30. The highest BCUT2D eigenvalue weighted by atomic mass is 19.4. The number of fused-ring (bicyclic) bond motifs is 1. The number of halogens is 3. The summed E-state index contributed by atoms with van der Waals surface area (Å²) in [6.07, 6.45) is -5.06. The number of hydrogen-bond donors (Lipinski definition) is 4. The molecule has 9 nitrogen and oxygen atoms in total. The van der Waals surface area contributed by atoms with E-state index in [0.29, 0.717) is 13.0 Å². The quantitative estimate of drug-likeness (QED) is 0.427. The Labute approximate surface area is 202 Å². The SMILES string of the molecule is CC(C)(C)[C@H](NC(=O)C(F)(F)F)C(=O)N1C[C@H]2[C@@H]([C@H]1C(=O)N[C@H](C#N)C[C@@H]1CCNC1O)C2(C)C. The van der Waals surface area contributed by atoms with Gasteiger partial charge in [0.05, 0.1) is 6.07 Å². The molecule has 2 heterocycles. The largest absolute Gasteiger partial charge is 0.471 e. The highest BCUT2D eigenvalue weighted by molar-refractivity contribution is 5.95. The van der Waals surface area contributed by atoms with Gasteiger partial charge in [0.15, 0.2) is 0 Å². The molecule has 4 N–H and O–H groups in total. The fraction of sp³-hybridized carbons (Fsp3) is 0.826. The van der Waals surface area contributed by atoms with Crippen molar-refractivity contribution in [3.05, 3.63) is 0 Å². The van der Waals surface area contributed by atoms with E-state index in [1.54, 1.807) is 0 Å². The second-order valence-corrected chi connectivity index (χ2v) is 11.5. The fourth-order valence-corrected chi connectivity index (χ4v) is 5.53. The normalized spacial score (nSPS) is 31.2. The second-order valence-electron chi connectivity index (χ2n) is 11.5. The van der Waals surface area contributed by atoms with Gasteiger partial charge >= 0.3 is 12.1 Å². The highest BCUT2D eigenvalue weighted by Gasteiger charge is 2.70. The third-order valence-electron chi connectivity index (χ3n) is 7.73. The van der Waals surface area contributed by atoms with E-state index < -0.39 is 53.7 Å². The third-order valence-corrected chi connectivity index (χ3v) is 7.73. The van der Waals surface area contributed by atoms with Gasteiger partial charge in [-0.25, -0.2) is 0 Å². The number of nitrogens with one attached hydrogen (secondary N) is 3. The van der Waals surface area contributed by atoms with E-state index in [0.717, 1.165) is 0 Å². The standard InChI is InChI=1S/C23H34F3N5O4/c1-21(2,3)16(30-20(35)23(24,25)26)19(34)31-10-13-14(22(13,4)5)15(31)18(33)29-12(9-27)8-11-6-7-28-17(11)32/h11-17,28,32H,6-8,10H2,1-5H3,(H,29,33)(H,30,35)/t11-,12-,13-,14-,15-,16+,17?/m0/s1. The second kappa shape index (κ2) is 9.24. The first-order chi connectivity index (χ1) is 16.0. The van der Waals surface area contributed by atoms with Crippen LogP contribution in [0.4, 0.5) is 13.2 Å². The van der Waals surface area contributed by atoms with Crippen molar-refractivity contribution in [2.45, 2.75) is 78.0 Å². The average Bonchev–Trinajstić information content (AvgIpc) is 3.10. The van der Waals surface area contributed by atoms with Crippen LogP contribution in [0.15, 0.2) is 0 Å². The number of amides is 3. The molecular formula is C23H34F3N5O4. The molecule has 3 aliphatic rings. The maximum atomic E-state index is 13.5. The summed E-state index contributed by atoms with van der Waals surface area (Å²) in [5, 5.41) is 26.9. The first kappa shape index (κ1) is 27.2. The molecule has 0 aromatic heterocycles. The van der Waals surface area contributed by atoms with E-state index in [-0.39, 0.29) is 36.1 Å². The van der Waals surface area contributed by atoms with Crippen molar-refractivity contribution in [2.75, 3.05) is 13.1 Å². The van der Waals surface area contributed by atoms with E-state index in [1.165, 1.54) is 25.7 Å². The van der Waals surface area contributed by atoms with Crippen molar-refractivity contribution < 1.29 is 32.7 Å². The van der Waals surface area contributed by atoms with E-state index in [9.17, 15) is 37.9 Å². The summed E-state index contributed by atoms with van der Waals surface area (Å²) < 4.78 is 38.8. The molecule has 0 aromatic rings. The van der Waals surface area contributed by atoms with Gasteiger partial charge in [0.1, 0.15) is 24.4 Å². The van der Waals surface area contributed by atoms with Gasteiger partial charge in [0.25, 0.3) is 0 Å². The van der Waals surface area contributed by atoms with Crippen molar-refractivity contribution in [2.24, 2.45) is 28.6 Å². The monoisotopic (exact) mass is 501 g/mol. The predicted molar refractivity (Wildman–Crippen MR) is 118 cm³/mol. The summed E-state index contributed by atoms with van der Waals surface area (Å²) in [6.45, 7) is 9.29. The van der Waals surface area contributed by atoms with E-state index in [1.807, 2.05) is 25.2 Å². The molecule has 0 aromatic carbocycles. The Balaban J connectivity index is 1.80. The van der Waals surface area contributed by atoms with Crippen LogP contribution in [0.1, 0.15) is 47.5 Å². The summed E-state index contributed by atoms with van der Waals surface area (Å²) >= 11 is 0. The zero-order chi connectivity index (χ0) is 26.5. The lowest BCUT2D eigenvalue weighted by Crippen LogP contribution is -2.61. The van der Waals surface area contributed by atoms with Crippen LogP contribution in [0.25, 0.3) is 0 Å². The summed E-state index contributed by atoms with van der Waals surface area (Å²) in [5.74, 6) is -4.00. The molecule has 12 heteroatoms. The molecule has 7 atom stereocenters. The van der Waals surface area contributed by atoms with Crippen LogP contribution in [0.3, 0.4) is 0 Å². The van der Waals surface area contributed by atoms with Crippen molar-refractivity contribution in [1.29, 1.82) is 5.26 Å². The number of carbonyl (C=O) groups excluding carboxylic acids is 3. The zero-order valence-corrected chi connectivity index (χ0v) is 20.6. The van der Waals surface area contributed by atoms with Crippen LogP contribution in [-0.4, -0.2) is 71.3 Å². The molecule has 1 saturated carbocycles. The Morgan fingerprint density at radius 1 is 1.23 bits per heavy atom. The molecule has 196 valence electrons. The Morgan fingerprint density at radius 2 is 1.86 bits per heavy atom. The first-order valence-electron chi connectivity index (χ1n) is 11.8. The van der Waals surface area contributed by atoms with Gasteiger partial charge in [-0.15, -0.1) is 0 Å². The van der Waals surface area contributed by atoms with Crippen LogP contribution in [0.2, 0.25) is 0 Å². The van der Waals surface area contributed by atoms with E-state index in [4.69, 9.17) is 0 Å². The van der Waals surface area contributed by atoms with Gasteiger partial charge in [-0.2, -0.15) is 18.4 Å². The molecule has 2 saturated heterocycles. The van der Waals surface area contributed by atoms with Crippen molar-refractivity contribution in [3.63, 3.8) is 0 Å². The number of piperidine rings is 1.